The maximum absolute atomic E-state index is 15.0. The zero-order valence-corrected chi connectivity index (χ0v) is 19.2. The Hall–Kier alpha value is -2.23. The van der Waals surface area contributed by atoms with E-state index in [2.05, 4.69) is 10.5 Å². The second-order valence-electron chi connectivity index (χ2n) is 7.84. The number of carbonyl (C=O) groups excluding carboxylic acids is 1. The van der Waals surface area contributed by atoms with E-state index in [0.717, 1.165) is 12.1 Å². The van der Waals surface area contributed by atoms with Crippen LogP contribution in [0.15, 0.2) is 41.6 Å². The molecule has 33 heavy (non-hydrogen) atoms. The minimum Gasteiger partial charge on any atom is -0.374 e. The Balaban J connectivity index is 1.58. The molecule has 4 rings (SSSR count). The van der Waals surface area contributed by atoms with E-state index in [4.69, 9.17) is 39.6 Å². The molecule has 0 spiro atoms. The summed E-state index contributed by atoms with van der Waals surface area (Å²) in [5.41, 5.74) is -4.20. The van der Waals surface area contributed by atoms with Crippen molar-refractivity contribution in [3.8, 4) is 0 Å². The van der Waals surface area contributed by atoms with Crippen LogP contribution in [0.2, 0.25) is 15.1 Å². The summed E-state index contributed by atoms with van der Waals surface area (Å²) in [6.07, 6.45) is -5.49. The molecular formula is C21H16Cl3F4N3O2. The van der Waals surface area contributed by atoms with Crippen molar-refractivity contribution in [2.24, 2.45) is 5.16 Å². The molecule has 0 saturated carbocycles. The fourth-order valence-electron chi connectivity index (χ4n) is 3.85. The molecule has 0 bridgehead atoms. The number of benzene rings is 2. The maximum Gasteiger partial charge on any atom is 0.435 e. The van der Waals surface area contributed by atoms with E-state index < -0.39 is 23.9 Å². The van der Waals surface area contributed by atoms with Gasteiger partial charge in [-0.15, -0.1) is 0 Å². The molecule has 2 amide bonds. The first-order valence-electron chi connectivity index (χ1n) is 9.63. The standard InChI is InChI=1S/C21H16Cl3F4N3O2/c1-29-18(32)31-9-19(25,10-31)12-4-2-11(3-5-12)16-8-20(33-30-16,21(26,27)28)13-6-14(22)17(24)15(23)7-13/h2-7H,8-10H2,1H3,(H,29,32). The van der Waals surface area contributed by atoms with Crippen LogP contribution in [0.5, 0.6) is 0 Å². The number of oxime groups is 1. The van der Waals surface area contributed by atoms with Crippen LogP contribution >= 0.6 is 34.8 Å². The minimum absolute atomic E-state index is 0.0228. The van der Waals surface area contributed by atoms with Crippen molar-refractivity contribution in [2.75, 3.05) is 20.1 Å². The summed E-state index contributed by atoms with van der Waals surface area (Å²) < 4.78 is 57.5. The predicted octanol–water partition coefficient (Wildman–Crippen LogP) is 6.05. The Bertz CT molecular complexity index is 1110. The molecule has 5 nitrogen and oxygen atoms in total. The van der Waals surface area contributed by atoms with Gasteiger partial charge in [-0.3, -0.25) is 0 Å². The lowest BCUT2D eigenvalue weighted by Gasteiger charge is -2.44. The van der Waals surface area contributed by atoms with Crippen molar-refractivity contribution in [1.29, 1.82) is 0 Å². The highest BCUT2D eigenvalue weighted by atomic mass is 35.5. The molecule has 1 fully saturated rings. The second-order valence-corrected chi connectivity index (χ2v) is 9.03. The average Bonchev–Trinajstić information content (AvgIpc) is 3.21. The van der Waals surface area contributed by atoms with E-state index in [1.807, 2.05) is 0 Å². The van der Waals surface area contributed by atoms with Crippen molar-refractivity contribution in [3.05, 3.63) is 68.2 Å². The molecule has 2 aromatic rings. The van der Waals surface area contributed by atoms with Crippen molar-refractivity contribution < 1.29 is 27.2 Å². The first kappa shape index (κ1) is 23.9. The lowest BCUT2D eigenvalue weighted by molar-refractivity contribution is -0.275. The van der Waals surface area contributed by atoms with Gasteiger partial charge in [-0.1, -0.05) is 64.2 Å². The van der Waals surface area contributed by atoms with Gasteiger partial charge in [-0.2, -0.15) is 13.2 Å². The van der Waals surface area contributed by atoms with Crippen LogP contribution < -0.4 is 5.32 Å². The van der Waals surface area contributed by atoms with Gasteiger partial charge >= 0.3 is 12.2 Å². The molecular weight excluding hydrogens is 509 g/mol. The number of carbonyl (C=O) groups is 1. The number of halogens is 7. The van der Waals surface area contributed by atoms with Gasteiger partial charge in [0.2, 0.25) is 0 Å². The van der Waals surface area contributed by atoms with Crippen molar-refractivity contribution in [1.82, 2.24) is 10.2 Å². The number of hydrogen-bond donors (Lipinski definition) is 1. The normalized spacial score (nSPS) is 21.8. The van der Waals surface area contributed by atoms with Gasteiger partial charge in [0.1, 0.15) is 0 Å². The first-order valence-corrected chi connectivity index (χ1v) is 10.8. The summed E-state index contributed by atoms with van der Waals surface area (Å²) >= 11 is 17.8. The van der Waals surface area contributed by atoms with E-state index in [0.29, 0.717) is 11.1 Å². The number of nitrogens with zero attached hydrogens (tertiary/aromatic N) is 2. The third kappa shape index (κ3) is 4.00. The highest BCUT2D eigenvalue weighted by Crippen LogP contribution is 2.50. The fraction of sp³-hybridized carbons (Fsp3) is 0.333. The predicted molar refractivity (Wildman–Crippen MR) is 117 cm³/mol. The van der Waals surface area contributed by atoms with E-state index in [1.54, 1.807) is 0 Å². The SMILES string of the molecule is CNC(=O)N1CC(F)(c2ccc(C3=NOC(c4cc(Cl)c(Cl)c(Cl)c4)(C(F)(F)F)C3)cc2)C1. The second kappa shape index (κ2) is 8.21. The molecule has 2 aliphatic rings. The van der Waals surface area contributed by atoms with Crippen molar-refractivity contribution in [3.63, 3.8) is 0 Å². The van der Waals surface area contributed by atoms with Crippen LogP contribution in [0.3, 0.4) is 0 Å². The molecule has 0 aliphatic carbocycles. The number of rotatable bonds is 3. The number of amides is 2. The van der Waals surface area contributed by atoms with Crippen LogP contribution in [-0.2, 0) is 16.1 Å². The van der Waals surface area contributed by atoms with Crippen LogP contribution in [0.25, 0.3) is 0 Å². The molecule has 2 heterocycles. The number of likely N-dealkylation sites (tertiary alicyclic amines) is 1. The van der Waals surface area contributed by atoms with E-state index in [1.165, 1.54) is 36.2 Å². The zero-order valence-electron chi connectivity index (χ0n) is 16.9. The quantitative estimate of drug-likeness (QED) is 0.393. The number of urea groups is 1. The molecule has 1 saturated heterocycles. The zero-order chi connectivity index (χ0) is 24.2. The average molecular weight is 525 g/mol. The third-order valence-corrected chi connectivity index (χ3v) is 6.95. The van der Waals surface area contributed by atoms with E-state index in [9.17, 15) is 18.0 Å². The van der Waals surface area contributed by atoms with E-state index >= 15 is 4.39 Å². The molecule has 176 valence electrons. The topological polar surface area (TPSA) is 53.9 Å². The number of nitrogens with one attached hydrogen (secondary N) is 1. The fourth-order valence-corrected chi connectivity index (χ4v) is 4.45. The van der Waals surface area contributed by atoms with Gasteiger partial charge in [-0.25, -0.2) is 9.18 Å². The molecule has 0 aromatic heterocycles. The van der Waals surface area contributed by atoms with Gasteiger partial charge in [0, 0.05) is 19.0 Å². The molecule has 1 N–H and O–H groups in total. The summed E-state index contributed by atoms with van der Waals surface area (Å²) in [6, 6.07) is 7.57. The molecule has 12 heteroatoms. The Morgan fingerprint density at radius 2 is 1.67 bits per heavy atom. The molecule has 0 radical (unpaired) electrons. The Morgan fingerprint density at radius 1 is 1.09 bits per heavy atom. The summed E-state index contributed by atoms with van der Waals surface area (Å²) in [6.45, 7) is -0.239. The van der Waals surface area contributed by atoms with Crippen LogP contribution in [-0.4, -0.2) is 43.0 Å². The van der Waals surface area contributed by atoms with Crippen LogP contribution in [0, 0.1) is 0 Å². The third-order valence-electron chi connectivity index (χ3n) is 5.76. The van der Waals surface area contributed by atoms with E-state index in [-0.39, 0.29) is 45.5 Å². The number of alkyl halides is 4. The monoisotopic (exact) mass is 523 g/mol. The van der Waals surface area contributed by atoms with Crippen LogP contribution in [0.1, 0.15) is 23.1 Å². The van der Waals surface area contributed by atoms with Gasteiger partial charge in [-0.05, 0) is 23.3 Å². The summed E-state index contributed by atoms with van der Waals surface area (Å²) in [5.74, 6) is 0. The highest BCUT2D eigenvalue weighted by Gasteiger charge is 2.62. The van der Waals surface area contributed by atoms with Crippen molar-refractivity contribution >= 4 is 46.5 Å². The van der Waals surface area contributed by atoms with Gasteiger partial charge in [0.25, 0.3) is 5.60 Å². The summed E-state index contributed by atoms with van der Waals surface area (Å²) in [7, 11) is 1.45. The first-order chi connectivity index (χ1) is 15.4. The summed E-state index contributed by atoms with van der Waals surface area (Å²) in [4.78, 5) is 17.8. The Morgan fingerprint density at radius 3 is 2.18 bits per heavy atom. The van der Waals surface area contributed by atoms with Gasteiger partial charge in [0.15, 0.2) is 5.67 Å². The lowest BCUT2D eigenvalue weighted by atomic mass is 9.85. The Kier molecular flexibility index (Phi) is 5.95. The molecule has 2 aliphatic heterocycles. The number of hydrogen-bond acceptors (Lipinski definition) is 3. The largest absolute Gasteiger partial charge is 0.435 e. The van der Waals surface area contributed by atoms with Gasteiger partial charge < -0.3 is 15.1 Å². The highest BCUT2D eigenvalue weighted by molar-refractivity contribution is 6.48. The lowest BCUT2D eigenvalue weighted by Crippen LogP contribution is -2.60. The maximum atomic E-state index is 15.0. The van der Waals surface area contributed by atoms with Gasteiger partial charge in [0.05, 0.1) is 33.9 Å². The smallest absolute Gasteiger partial charge is 0.374 e. The molecule has 1 unspecified atom stereocenters. The van der Waals surface area contributed by atoms with Crippen molar-refractivity contribution in [2.45, 2.75) is 23.9 Å². The summed E-state index contributed by atoms with van der Waals surface area (Å²) in [5, 5.41) is 5.73. The minimum atomic E-state index is -4.85. The molecule has 1 atom stereocenters. The van der Waals surface area contributed by atoms with Crippen LogP contribution in [0.4, 0.5) is 22.4 Å². The molecule has 2 aromatic carbocycles. The Labute approximate surface area is 201 Å².